The summed E-state index contributed by atoms with van der Waals surface area (Å²) in [4.78, 5) is 47.9. The van der Waals surface area contributed by atoms with Crippen molar-refractivity contribution in [3.63, 3.8) is 0 Å². The normalized spacial score (nSPS) is 21.8. The first-order valence-electron chi connectivity index (χ1n) is 8.21. The topological polar surface area (TPSA) is 127 Å². The van der Waals surface area contributed by atoms with E-state index in [1.54, 1.807) is 0 Å². The second-order valence-electron chi connectivity index (χ2n) is 6.21. The van der Waals surface area contributed by atoms with Crippen LogP contribution in [0.4, 0.5) is 5.69 Å². The quantitative estimate of drug-likeness (QED) is 0.316. The molecule has 1 saturated heterocycles. The Kier molecular flexibility index (Phi) is 5.77. The second-order valence-corrected chi connectivity index (χ2v) is 8.79. The molecule has 2 aliphatic heterocycles. The van der Waals surface area contributed by atoms with Gasteiger partial charge in [0.1, 0.15) is 12.0 Å². The van der Waals surface area contributed by atoms with Crippen molar-refractivity contribution in [2.45, 2.75) is 31.9 Å². The van der Waals surface area contributed by atoms with Crippen LogP contribution < -0.4 is 0 Å². The number of nitro groups is 1. The maximum absolute atomic E-state index is 12.6. The first-order chi connectivity index (χ1) is 13.2. The number of fused-ring (bicyclic) bond motifs is 1. The Hall–Kier alpha value is -2.37. The number of thioether (sulfide) groups is 2. The van der Waals surface area contributed by atoms with E-state index in [0.29, 0.717) is 9.80 Å². The molecule has 148 valence electrons. The van der Waals surface area contributed by atoms with Crippen LogP contribution in [-0.4, -0.2) is 43.4 Å². The summed E-state index contributed by atoms with van der Waals surface area (Å²) >= 11 is 2.02. The second kappa shape index (κ2) is 7.94. The number of benzene rings is 1. The number of nitro benzene ring substituents is 1. The zero-order valence-corrected chi connectivity index (χ0v) is 16.5. The molecule has 2 aliphatic rings. The van der Waals surface area contributed by atoms with E-state index >= 15 is 0 Å². The van der Waals surface area contributed by atoms with E-state index in [1.807, 2.05) is 0 Å². The van der Waals surface area contributed by atoms with Crippen LogP contribution in [0.5, 0.6) is 0 Å². The third-order valence-electron chi connectivity index (χ3n) is 4.21. The Morgan fingerprint density at radius 1 is 1.39 bits per heavy atom. The molecule has 3 rings (SSSR count). The fraction of sp³-hybridized carbons (Fsp3) is 0.353. The van der Waals surface area contributed by atoms with Gasteiger partial charge in [-0.05, 0) is 36.4 Å². The molecule has 1 amide bonds. The fourth-order valence-electron chi connectivity index (χ4n) is 2.87. The van der Waals surface area contributed by atoms with Crippen molar-refractivity contribution >= 4 is 46.2 Å². The van der Waals surface area contributed by atoms with Crippen molar-refractivity contribution < 1.29 is 29.2 Å². The summed E-state index contributed by atoms with van der Waals surface area (Å²) in [6.07, 6.45) is -0.875. The summed E-state index contributed by atoms with van der Waals surface area (Å²) in [5, 5.41) is 19.8. The van der Waals surface area contributed by atoms with Gasteiger partial charge in [-0.2, -0.15) is 0 Å². The van der Waals surface area contributed by atoms with E-state index in [1.165, 1.54) is 54.8 Å². The average Bonchev–Trinajstić information content (AvgIpc) is 2.93. The highest BCUT2D eigenvalue weighted by Gasteiger charge is 2.58. The van der Waals surface area contributed by atoms with Crippen molar-refractivity contribution in [1.29, 1.82) is 0 Å². The maximum Gasteiger partial charge on any atom is 0.357 e. The molecule has 0 bridgehead atoms. The van der Waals surface area contributed by atoms with E-state index < -0.39 is 34.2 Å². The molecule has 1 unspecified atom stereocenters. The number of aliphatic hydroxyl groups is 1. The Morgan fingerprint density at radius 2 is 2.04 bits per heavy atom. The number of amides is 1. The number of rotatable bonds is 6. The van der Waals surface area contributed by atoms with Crippen LogP contribution >= 0.6 is 23.5 Å². The number of nitrogens with zero attached hydrogens (tertiary/aromatic N) is 2. The number of hydrogen-bond donors (Lipinski definition) is 1. The van der Waals surface area contributed by atoms with Gasteiger partial charge in [0.05, 0.1) is 21.2 Å². The number of carbonyl (C=O) groups is 3. The van der Waals surface area contributed by atoms with Gasteiger partial charge in [0, 0.05) is 19.1 Å². The zero-order valence-electron chi connectivity index (χ0n) is 14.9. The third kappa shape index (κ3) is 3.77. The summed E-state index contributed by atoms with van der Waals surface area (Å²) < 4.78 is 5.62. The van der Waals surface area contributed by atoms with Crippen LogP contribution in [0, 0.1) is 16.0 Å². The highest BCUT2D eigenvalue weighted by molar-refractivity contribution is 8.29. The highest BCUT2D eigenvalue weighted by atomic mass is 32.2. The lowest BCUT2D eigenvalue weighted by Gasteiger charge is -2.43. The summed E-state index contributed by atoms with van der Waals surface area (Å²) in [5.74, 6) is -1.81. The molecule has 0 aromatic heterocycles. The monoisotopic (exact) mass is 424 g/mol. The van der Waals surface area contributed by atoms with Gasteiger partial charge in [0.15, 0.2) is 10.8 Å². The molecular formula is C17H16N2O7S2. The van der Waals surface area contributed by atoms with Gasteiger partial charge in [0.2, 0.25) is 5.91 Å². The van der Waals surface area contributed by atoms with Crippen molar-refractivity contribution in [2.75, 3.05) is 0 Å². The number of non-ortho nitro benzene ring substituents is 1. The lowest BCUT2D eigenvalue weighted by Crippen LogP contribution is -2.60. The largest absolute Gasteiger partial charge is 0.456 e. The van der Waals surface area contributed by atoms with Gasteiger partial charge in [-0.25, -0.2) is 4.79 Å². The van der Waals surface area contributed by atoms with Gasteiger partial charge in [-0.3, -0.25) is 24.6 Å². The molecule has 11 heteroatoms. The molecule has 1 aromatic rings. The standard InChI is InChI=1S/C17H16N2O7S2/c1-8(20)12-14(22)18-13(17(27-9(2)21)28-15(12)18)16(23)26-7-10-3-5-11(6-4-10)19(24)25/h3-6,8,12,15,20H,7H2,1-2H3/t8-,12+,15?/m1/s1. The summed E-state index contributed by atoms with van der Waals surface area (Å²) in [7, 11) is 0. The van der Waals surface area contributed by atoms with E-state index in [-0.39, 0.29) is 23.1 Å². The van der Waals surface area contributed by atoms with Gasteiger partial charge in [-0.1, -0.05) is 11.8 Å². The van der Waals surface area contributed by atoms with Gasteiger partial charge in [-0.15, -0.1) is 0 Å². The average molecular weight is 424 g/mol. The molecule has 28 heavy (non-hydrogen) atoms. The number of aliphatic hydroxyl groups excluding tert-OH is 1. The molecule has 0 aliphatic carbocycles. The summed E-state index contributed by atoms with van der Waals surface area (Å²) in [6.45, 7) is 2.71. The van der Waals surface area contributed by atoms with Crippen LogP contribution in [-0.2, 0) is 25.7 Å². The molecule has 1 aromatic carbocycles. The van der Waals surface area contributed by atoms with Crippen LogP contribution in [0.25, 0.3) is 0 Å². The number of esters is 1. The van der Waals surface area contributed by atoms with E-state index in [9.17, 15) is 29.6 Å². The first-order valence-corrected chi connectivity index (χ1v) is 9.91. The zero-order chi connectivity index (χ0) is 20.6. The van der Waals surface area contributed by atoms with Crippen molar-refractivity contribution in [1.82, 2.24) is 4.90 Å². The lowest BCUT2D eigenvalue weighted by molar-refractivity contribution is -0.384. The van der Waals surface area contributed by atoms with Crippen LogP contribution in [0.2, 0.25) is 0 Å². The molecule has 1 fully saturated rings. The fourth-order valence-corrected chi connectivity index (χ4v) is 5.57. The summed E-state index contributed by atoms with van der Waals surface area (Å²) in [6, 6.07) is 5.53. The minimum atomic E-state index is -0.875. The minimum absolute atomic E-state index is 0.000915. The Labute approximate surface area is 168 Å². The summed E-state index contributed by atoms with van der Waals surface area (Å²) in [5.41, 5.74) is 0.460. The van der Waals surface area contributed by atoms with Crippen LogP contribution in [0.3, 0.4) is 0 Å². The molecule has 2 heterocycles. The molecule has 1 N–H and O–H groups in total. The number of hydrogen-bond acceptors (Lipinski definition) is 9. The predicted molar refractivity (Wildman–Crippen MR) is 102 cm³/mol. The molecular weight excluding hydrogens is 408 g/mol. The number of β-lactam (4-membered cyclic amide) rings is 1. The Morgan fingerprint density at radius 3 is 2.57 bits per heavy atom. The maximum atomic E-state index is 12.6. The number of carbonyl (C=O) groups excluding carboxylic acids is 3. The Balaban J connectivity index is 1.74. The van der Waals surface area contributed by atoms with E-state index in [2.05, 4.69) is 0 Å². The third-order valence-corrected chi connectivity index (χ3v) is 6.57. The molecule has 0 saturated carbocycles. The number of ether oxygens (including phenoxy) is 1. The van der Waals surface area contributed by atoms with Crippen molar-refractivity contribution in [2.24, 2.45) is 5.92 Å². The molecule has 0 radical (unpaired) electrons. The molecule has 9 nitrogen and oxygen atoms in total. The van der Waals surface area contributed by atoms with E-state index in [0.717, 1.165) is 11.8 Å². The lowest BCUT2D eigenvalue weighted by atomic mass is 9.92. The van der Waals surface area contributed by atoms with Crippen molar-refractivity contribution in [3.05, 3.63) is 49.9 Å². The SMILES string of the molecule is CC(=O)SC1=C(C(=O)OCc2ccc([N+](=O)[O-])cc2)N2C(=O)[C@H]([C@@H](C)O)C2S1. The van der Waals surface area contributed by atoms with Gasteiger partial charge in [0.25, 0.3) is 5.69 Å². The predicted octanol–water partition coefficient (Wildman–Crippen LogP) is 2.00. The van der Waals surface area contributed by atoms with Gasteiger partial charge >= 0.3 is 5.97 Å². The van der Waals surface area contributed by atoms with Crippen LogP contribution in [0.1, 0.15) is 19.4 Å². The van der Waals surface area contributed by atoms with Gasteiger partial charge < -0.3 is 9.84 Å². The minimum Gasteiger partial charge on any atom is -0.456 e. The van der Waals surface area contributed by atoms with Crippen molar-refractivity contribution in [3.8, 4) is 0 Å². The van der Waals surface area contributed by atoms with Crippen LogP contribution in [0.15, 0.2) is 34.2 Å². The molecule has 0 spiro atoms. The smallest absolute Gasteiger partial charge is 0.357 e. The van der Waals surface area contributed by atoms with E-state index in [4.69, 9.17) is 4.74 Å². The molecule has 3 atom stereocenters. The first kappa shape index (κ1) is 20.4. The Bertz CT molecular complexity index is 882. The highest BCUT2D eigenvalue weighted by Crippen LogP contribution is 2.54.